The Balaban J connectivity index is 2.52. The SMILES string of the molecule is CC(N)(CCn1cc(I)cn1)C(=O)O. The van der Waals surface area contributed by atoms with E-state index in [0.717, 1.165) is 3.57 Å². The highest BCUT2D eigenvalue weighted by atomic mass is 127. The van der Waals surface area contributed by atoms with E-state index in [-0.39, 0.29) is 0 Å². The van der Waals surface area contributed by atoms with Crippen molar-refractivity contribution in [3.63, 3.8) is 0 Å². The fourth-order valence-corrected chi connectivity index (χ4v) is 1.36. The third-order valence-electron chi connectivity index (χ3n) is 1.95. The second kappa shape index (κ2) is 4.26. The maximum absolute atomic E-state index is 10.7. The summed E-state index contributed by atoms with van der Waals surface area (Å²) >= 11 is 2.14. The van der Waals surface area contributed by atoms with Crippen LogP contribution >= 0.6 is 22.6 Å². The summed E-state index contributed by atoms with van der Waals surface area (Å²) in [5.74, 6) is -0.987. The lowest BCUT2D eigenvalue weighted by atomic mass is 10.00. The first-order chi connectivity index (χ1) is 6.42. The molecule has 0 radical (unpaired) electrons. The average Bonchev–Trinajstić information content (AvgIpc) is 2.48. The molecule has 0 amide bonds. The Hall–Kier alpha value is -0.630. The van der Waals surface area contributed by atoms with Crippen molar-refractivity contribution in [2.45, 2.75) is 25.4 Å². The number of hydrogen-bond donors (Lipinski definition) is 2. The van der Waals surface area contributed by atoms with Crippen LogP contribution in [-0.4, -0.2) is 26.4 Å². The maximum atomic E-state index is 10.7. The first kappa shape index (κ1) is 11.4. The maximum Gasteiger partial charge on any atom is 0.323 e. The molecule has 1 aromatic rings. The van der Waals surface area contributed by atoms with Crippen LogP contribution in [0.15, 0.2) is 12.4 Å². The third kappa shape index (κ3) is 2.95. The van der Waals surface area contributed by atoms with Gasteiger partial charge in [-0.1, -0.05) is 0 Å². The molecule has 0 aliphatic carbocycles. The minimum atomic E-state index is -1.18. The molecule has 0 spiro atoms. The van der Waals surface area contributed by atoms with E-state index < -0.39 is 11.5 Å². The highest BCUT2D eigenvalue weighted by Gasteiger charge is 2.27. The predicted octanol–water partition coefficient (Wildman–Crippen LogP) is 0.680. The van der Waals surface area contributed by atoms with Crippen LogP contribution in [-0.2, 0) is 11.3 Å². The first-order valence-electron chi connectivity index (χ1n) is 4.12. The van der Waals surface area contributed by atoms with Crippen LogP contribution in [0.3, 0.4) is 0 Å². The quantitative estimate of drug-likeness (QED) is 0.802. The molecule has 78 valence electrons. The molecule has 5 nitrogen and oxygen atoms in total. The molecule has 1 heterocycles. The molecule has 0 fully saturated rings. The Morgan fingerprint density at radius 1 is 1.86 bits per heavy atom. The number of aromatic nitrogens is 2. The van der Waals surface area contributed by atoms with Crippen molar-refractivity contribution in [3.8, 4) is 0 Å². The van der Waals surface area contributed by atoms with Gasteiger partial charge in [-0.05, 0) is 35.9 Å². The second-order valence-electron chi connectivity index (χ2n) is 3.39. The highest BCUT2D eigenvalue weighted by molar-refractivity contribution is 14.1. The largest absolute Gasteiger partial charge is 0.480 e. The molecule has 1 atom stereocenters. The number of aryl methyl sites for hydroxylation is 1. The number of nitrogens with zero attached hydrogens (tertiary/aromatic N) is 2. The molecular weight excluding hydrogens is 297 g/mol. The fraction of sp³-hybridized carbons (Fsp3) is 0.500. The van der Waals surface area contributed by atoms with Gasteiger partial charge in [-0.2, -0.15) is 5.10 Å². The Morgan fingerprint density at radius 3 is 2.93 bits per heavy atom. The van der Waals surface area contributed by atoms with E-state index in [2.05, 4.69) is 27.7 Å². The molecule has 0 bridgehead atoms. The van der Waals surface area contributed by atoms with Gasteiger partial charge in [-0.15, -0.1) is 0 Å². The minimum absolute atomic E-state index is 0.361. The van der Waals surface area contributed by atoms with Crippen LogP contribution in [0, 0.1) is 3.57 Å². The van der Waals surface area contributed by atoms with Gasteiger partial charge < -0.3 is 10.8 Å². The van der Waals surface area contributed by atoms with Gasteiger partial charge in [-0.25, -0.2) is 0 Å². The molecule has 0 saturated heterocycles. The molecule has 0 aliphatic rings. The zero-order valence-electron chi connectivity index (χ0n) is 7.77. The normalized spacial score (nSPS) is 15.1. The molecule has 1 rings (SSSR count). The zero-order chi connectivity index (χ0) is 10.8. The number of carboxylic acids is 1. The van der Waals surface area contributed by atoms with Gasteiger partial charge in [0.15, 0.2) is 0 Å². The summed E-state index contributed by atoms with van der Waals surface area (Å²) in [4.78, 5) is 10.7. The minimum Gasteiger partial charge on any atom is -0.480 e. The number of nitrogens with two attached hydrogens (primary N) is 1. The van der Waals surface area contributed by atoms with Crippen LogP contribution in [0.1, 0.15) is 13.3 Å². The van der Waals surface area contributed by atoms with E-state index in [9.17, 15) is 4.79 Å². The molecule has 0 saturated carbocycles. The Kier molecular flexibility index (Phi) is 3.48. The molecule has 0 aliphatic heterocycles. The van der Waals surface area contributed by atoms with Crippen molar-refractivity contribution in [1.82, 2.24) is 9.78 Å². The Bertz CT molecular complexity index is 335. The van der Waals surface area contributed by atoms with E-state index >= 15 is 0 Å². The number of rotatable bonds is 4. The van der Waals surface area contributed by atoms with Crippen molar-refractivity contribution in [3.05, 3.63) is 16.0 Å². The van der Waals surface area contributed by atoms with Crippen LogP contribution in [0.5, 0.6) is 0 Å². The number of hydrogen-bond acceptors (Lipinski definition) is 3. The van der Waals surface area contributed by atoms with E-state index in [4.69, 9.17) is 10.8 Å². The van der Waals surface area contributed by atoms with E-state index in [0.29, 0.717) is 13.0 Å². The first-order valence-corrected chi connectivity index (χ1v) is 5.20. The standard InChI is InChI=1S/C8H12IN3O2/c1-8(10,7(13)14)2-3-12-5-6(9)4-11-12/h4-5H,2-3,10H2,1H3,(H,13,14). The smallest absolute Gasteiger partial charge is 0.323 e. The lowest BCUT2D eigenvalue weighted by molar-refractivity contribution is -0.143. The van der Waals surface area contributed by atoms with Gasteiger partial charge in [0.1, 0.15) is 5.54 Å². The topological polar surface area (TPSA) is 81.1 Å². The van der Waals surface area contributed by atoms with Crippen molar-refractivity contribution < 1.29 is 9.90 Å². The lowest BCUT2D eigenvalue weighted by Gasteiger charge is -2.18. The summed E-state index contributed by atoms with van der Waals surface area (Å²) < 4.78 is 2.71. The van der Waals surface area contributed by atoms with Crippen molar-refractivity contribution in [1.29, 1.82) is 0 Å². The van der Waals surface area contributed by atoms with Crippen molar-refractivity contribution in [2.75, 3.05) is 0 Å². The zero-order valence-corrected chi connectivity index (χ0v) is 9.93. The van der Waals surface area contributed by atoms with Crippen LogP contribution < -0.4 is 5.73 Å². The Labute approximate surface area is 95.4 Å². The number of carboxylic acid groups (broad SMARTS) is 1. The third-order valence-corrected chi connectivity index (χ3v) is 2.51. The summed E-state index contributed by atoms with van der Waals surface area (Å²) in [6, 6.07) is 0. The summed E-state index contributed by atoms with van der Waals surface area (Å²) in [6.07, 6.45) is 3.92. The lowest BCUT2D eigenvalue weighted by Crippen LogP contribution is -2.45. The van der Waals surface area contributed by atoms with Gasteiger partial charge in [0.05, 0.1) is 9.77 Å². The Morgan fingerprint density at radius 2 is 2.50 bits per heavy atom. The number of halogens is 1. The second-order valence-corrected chi connectivity index (χ2v) is 4.64. The molecule has 3 N–H and O–H groups in total. The van der Waals surface area contributed by atoms with E-state index in [1.54, 1.807) is 10.9 Å². The molecule has 1 aromatic heterocycles. The van der Waals surface area contributed by atoms with Crippen LogP contribution in [0.2, 0.25) is 0 Å². The van der Waals surface area contributed by atoms with Gasteiger partial charge in [-0.3, -0.25) is 9.48 Å². The number of carbonyl (C=O) groups is 1. The highest BCUT2D eigenvalue weighted by Crippen LogP contribution is 2.08. The van der Waals surface area contributed by atoms with Crippen LogP contribution in [0.4, 0.5) is 0 Å². The van der Waals surface area contributed by atoms with Crippen molar-refractivity contribution in [2.24, 2.45) is 5.73 Å². The monoisotopic (exact) mass is 309 g/mol. The fourth-order valence-electron chi connectivity index (χ4n) is 0.914. The summed E-state index contributed by atoms with van der Waals surface area (Å²) in [6.45, 7) is 2.02. The van der Waals surface area contributed by atoms with Gasteiger partial charge in [0, 0.05) is 12.7 Å². The molecular formula is C8H12IN3O2. The number of aliphatic carboxylic acids is 1. The van der Waals surface area contributed by atoms with Gasteiger partial charge in [0.25, 0.3) is 0 Å². The average molecular weight is 309 g/mol. The molecule has 1 unspecified atom stereocenters. The summed E-state index contributed by atoms with van der Waals surface area (Å²) in [7, 11) is 0. The van der Waals surface area contributed by atoms with Gasteiger partial charge >= 0.3 is 5.97 Å². The molecule has 0 aromatic carbocycles. The molecule has 6 heteroatoms. The molecule has 14 heavy (non-hydrogen) atoms. The summed E-state index contributed by atoms with van der Waals surface area (Å²) in [5.41, 5.74) is 4.39. The summed E-state index contributed by atoms with van der Waals surface area (Å²) in [5, 5.41) is 12.8. The van der Waals surface area contributed by atoms with E-state index in [1.165, 1.54) is 6.92 Å². The van der Waals surface area contributed by atoms with Crippen molar-refractivity contribution >= 4 is 28.6 Å². The predicted molar refractivity (Wildman–Crippen MR) is 59.8 cm³/mol. The van der Waals surface area contributed by atoms with Gasteiger partial charge in [0.2, 0.25) is 0 Å². The van der Waals surface area contributed by atoms with E-state index in [1.807, 2.05) is 6.20 Å². The van der Waals surface area contributed by atoms with Crippen LogP contribution in [0.25, 0.3) is 0 Å².